The highest BCUT2D eigenvalue weighted by Gasteiger charge is 2.12. The fraction of sp³-hybridized carbons (Fsp3) is 0.267. The molecule has 0 spiro atoms. The molecule has 8 heteroatoms. The molecule has 2 N–H and O–H groups in total. The summed E-state index contributed by atoms with van der Waals surface area (Å²) >= 11 is 3.38. The minimum Gasteiger partial charge on any atom is -0.493 e. The minimum atomic E-state index is -0.861. The summed E-state index contributed by atoms with van der Waals surface area (Å²) in [5.74, 6) is -0.537. The third-order valence-electron chi connectivity index (χ3n) is 2.53. The van der Waals surface area contributed by atoms with Crippen molar-refractivity contribution < 1.29 is 19.1 Å². The number of carbonyl (C=O) groups is 2. The van der Waals surface area contributed by atoms with Gasteiger partial charge >= 0.3 is 11.8 Å². The van der Waals surface area contributed by atoms with E-state index < -0.39 is 11.8 Å². The molecular weight excluding hydrogens is 366 g/mol. The molecule has 1 aromatic carbocycles. The van der Waals surface area contributed by atoms with Crippen molar-refractivity contribution >= 4 is 34.0 Å². The van der Waals surface area contributed by atoms with Crippen LogP contribution in [-0.4, -0.2) is 38.3 Å². The normalized spacial score (nSPS) is 10.2. The fourth-order valence-corrected chi connectivity index (χ4v) is 2.13. The number of hydrogen-bond donors (Lipinski definition) is 2. The van der Waals surface area contributed by atoms with Gasteiger partial charge in [0.25, 0.3) is 0 Å². The summed E-state index contributed by atoms with van der Waals surface area (Å²) in [6.07, 6.45) is 2.86. The van der Waals surface area contributed by atoms with Crippen molar-refractivity contribution in [2.45, 2.75) is 6.92 Å². The molecule has 0 bridgehead atoms. The second kappa shape index (κ2) is 9.62. The fourth-order valence-electron chi connectivity index (χ4n) is 1.56. The van der Waals surface area contributed by atoms with Gasteiger partial charge in [-0.05, 0) is 40.5 Å². The average molecular weight is 384 g/mol. The van der Waals surface area contributed by atoms with Crippen LogP contribution in [0.15, 0.2) is 34.4 Å². The molecule has 23 heavy (non-hydrogen) atoms. The van der Waals surface area contributed by atoms with Crippen molar-refractivity contribution in [3.8, 4) is 11.5 Å². The number of rotatable bonds is 7. The zero-order chi connectivity index (χ0) is 17.2. The van der Waals surface area contributed by atoms with Gasteiger partial charge in [0.2, 0.25) is 0 Å². The molecule has 2 amide bonds. The lowest BCUT2D eigenvalue weighted by atomic mass is 10.2. The average Bonchev–Trinajstić information content (AvgIpc) is 2.54. The smallest absolute Gasteiger partial charge is 0.329 e. The van der Waals surface area contributed by atoms with Crippen LogP contribution in [0.1, 0.15) is 12.5 Å². The quantitative estimate of drug-likeness (QED) is 0.324. The molecule has 0 radical (unpaired) electrons. The van der Waals surface area contributed by atoms with E-state index in [1.54, 1.807) is 12.1 Å². The number of nitrogens with zero attached hydrogens (tertiary/aromatic N) is 1. The molecule has 1 rings (SSSR count). The molecule has 0 fully saturated rings. The van der Waals surface area contributed by atoms with Gasteiger partial charge in [-0.2, -0.15) is 5.10 Å². The zero-order valence-corrected chi connectivity index (χ0v) is 14.5. The monoisotopic (exact) mass is 383 g/mol. The van der Waals surface area contributed by atoms with Crippen LogP contribution in [0.2, 0.25) is 0 Å². The number of amides is 2. The second-order valence-electron chi connectivity index (χ2n) is 4.16. The number of ether oxygens (including phenoxy) is 2. The Morgan fingerprint density at radius 3 is 2.74 bits per heavy atom. The zero-order valence-electron chi connectivity index (χ0n) is 12.9. The van der Waals surface area contributed by atoms with Crippen molar-refractivity contribution in [1.82, 2.24) is 10.7 Å². The van der Waals surface area contributed by atoms with E-state index in [2.05, 4.69) is 38.4 Å². The van der Waals surface area contributed by atoms with E-state index in [4.69, 9.17) is 9.47 Å². The van der Waals surface area contributed by atoms with Gasteiger partial charge in [0.15, 0.2) is 11.5 Å². The largest absolute Gasteiger partial charge is 0.493 e. The molecule has 0 saturated carbocycles. The maximum absolute atomic E-state index is 11.4. The van der Waals surface area contributed by atoms with Crippen molar-refractivity contribution in [1.29, 1.82) is 0 Å². The maximum atomic E-state index is 11.4. The molecule has 7 nitrogen and oxygen atoms in total. The lowest BCUT2D eigenvalue weighted by Gasteiger charge is -2.11. The summed E-state index contributed by atoms with van der Waals surface area (Å²) < 4.78 is 11.4. The van der Waals surface area contributed by atoms with Crippen LogP contribution in [0.3, 0.4) is 0 Å². The lowest BCUT2D eigenvalue weighted by molar-refractivity contribution is -0.139. The number of benzene rings is 1. The van der Waals surface area contributed by atoms with E-state index in [1.165, 1.54) is 19.4 Å². The summed E-state index contributed by atoms with van der Waals surface area (Å²) in [7, 11) is 1.52. The molecule has 0 saturated heterocycles. The first kappa shape index (κ1) is 18.7. The number of methoxy groups -OCH3 is 1. The summed E-state index contributed by atoms with van der Waals surface area (Å²) in [6.45, 7) is 6.01. The Morgan fingerprint density at radius 2 is 2.13 bits per heavy atom. The Bertz CT molecular complexity index is 617. The molecule has 0 heterocycles. The van der Waals surface area contributed by atoms with Crippen LogP contribution in [0, 0.1) is 0 Å². The maximum Gasteiger partial charge on any atom is 0.329 e. The Labute approximate surface area is 142 Å². The number of carbonyl (C=O) groups excluding carboxylic acids is 2. The van der Waals surface area contributed by atoms with Gasteiger partial charge in [0.1, 0.15) is 0 Å². The van der Waals surface area contributed by atoms with Crippen molar-refractivity contribution in [3.05, 3.63) is 34.8 Å². The predicted molar refractivity (Wildman–Crippen MR) is 90.8 cm³/mol. The number of hydrogen-bond acceptors (Lipinski definition) is 5. The third kappa shape index (κ3) is 5.74. The lowest BCUT2D eigenvalue weighted by Crippen LogP contribution is -2.37. The van der Waals surface area contributed by atoms with E-state index in [-0.39, 0.29) is 6.54 Å². The SMILES string of the molecule is C=CCNC(=O)C(=O)N/N=C\c1cc(Br)c(OCC)c(OC)c1. The standard InChI is InChI=1S/C15H18BrN3O4/c1-4-6-17-14(20)15(21)19-18-9-10-7-11(16)13(23-5-2)12(8-10)22-3/h4,7-9H,1,5-6H2,2-3H3,(H,17,20)(H,19,21)/b18-9-. The minimum absolute atomic E-state index is 0.207. The highest BCUT2D eigenvalue weighted by molar-refractivity contribution is 9.10. The summed E-state index contributed by atoms with van der Waals surface area (Å²) in [4.78, 5) is 22.8. The van der Waals surface area contributed by atoms with E-state index >= 15 is 0 Å². The number of halogens is 1. The number of nitrogens with one attached hydrogen (secondary N) is 2. The molecular formula is C15H18BrN3O4. The van der Waals surface area contributed by atoms with Gasteiger partial charge < -0.3 is 14.8 Å². The summed E-state index contributed by atoms with van der Waals surface area (Å²) in [5, 5.41) is 6.08. The molecule has 0 aromatic heterocycles. The van der Waals surface area contributed by atoms with Gasteiger partial charge in [-0.1, -0.05) is 6.08 Å². The van der Waals surface area contributed by atoms with Crippen LogP contribution in [0.5, 0.6) is 11.5 Å². The molecule has 0 aliphatic rings. The Kier molecular flexibility index (Phi) is 7.82. The molecule has 0 atom stereocenters. The molecule has 0 aliphatic heterocycles. The molecule has 1 aromatic rings. The van der Waals surface area contributed by atoms with Gasteiger partial charge in [-0.25, -0.2) is 5.43 Å². The summed E-state index contributed by atoms with van der Waals surface area (Å²) in [6, 6.07) is 3.45. The van der Waals surface area contributed by atoms with Crippen LogP contribution >= 0.6 is 15.9 Å². The van der Waals surface area contributed by atoms with Gasteiger partial charge in [-0.3, -0.25) is 9.59 Å². The second-order valence-corrected chi connectivity index (χ2v) is 5.02. The molecule has 0 unspecified atom stereocenters. The topological polar surface area (TPSA) is 89.0 Å². The van der Waals surface area contributed by atoms with Gasteiger partial charge in [-0.15, -0.1) is 6.58 Å². The Balaban J connectivity index is 2.77. The van der Waals surface area contributed by atoms with Gasteiger partial charge in [0.05, 0.1) is 24.4 Å². The predicted octanol–water partition coefficient (Wildman–Crippen LogP) is 1.61. The Morgan fingerprint density at radius 1 is 1.39 bits per heavy atom. The number of hydrazone groups is 1. The first-order chi connectivity index (χ1) is 11.0. The van der Waals surface area contributed by atoms with E-state index in [1.807, 2.05) is 6.92 Å². The van der Waals surface area contributed by atoms with Crippen molar-refractivity contribution in [3.63, 3.8) is 0 Å². The first-order valence-electron chi connectivity index (χ1n) is 6.75. The third-order valence-corrected chi connectivity index (χ3v) is 3.12. The van der Waals surface area contributed by atoms with Crippen molar-refractivity contribution in [2.24, 2.45) is 5.10 Å². The van der Waals surface area contributed by atoms with Crippen LogP contribution in [-0.2, 0) is 9.59 Å². The Hall–Kier alpha value is -2.35. The van der Waals surface area contributed by atoms with E-state index in [9.17, 15) is 9.59 Å². The van der Waals surface area contributed by atoms with Crippen LogP contribution < -0.4 is 20.2 Å². The molecule has 0 aliphatic carbocycles. The van der Waals surface area contributed by atoms with Crippen LogP contribution in [0.4, 0.5) is 0 Å². The van der Waals surface area contributed by atoms with E-state index in [0.29, 0.717) is 28.1 Å². The first-order valence-corrected chi connectivity index (χ1v) is 7.55. The van der Waals surface area contributed by atoms with Crippen LogP contribution in [0.25, 0.3) is 0 Å². The van der Waals surface area contributed by atoms with Gasteiger partial charge in [0, 0.05) is 6.54 Å². The molecule has 124 valence electrons. The highest BCUT2D eigenvalue weighted by Crippen LogP contribution is 2.36. The highest BCUT2D eigenvalue weighted by atomic mass is 79.9. The van der Waals surface area contributed by atoms with E-state index in [0.717, 1.165) is 0 Å². The summed E-state index contributed by atoms with van der Waals surface area (Å²) in [5.41, 5.74) is 2.79. The van der Waals surface area contributed by atoms with Crippen molar-refractivity contribution in [2.75, 3.05) is 20.3 Å².